The van der Waals surface area contributed by atoms with Gasteiger partial charge in [-0.2, -0.15) is 4.98 Å². The SMILES string of the molecule is CC1CNc2nc(N3CCC(C(=O)O)CC3)nn2C1. The summed E-state index contributed by atoms with van der Waals surface area (Å²) in [6.45, 7) is 5.43. The average molecular weight is 265 g/mol. The maximum atomic E-state index is 10.9. The van der Waals surface area contributed by atoms with Crippen molar-refractivity contribution in [3.05, 3.63) is 0 Å². The van der Waals surface area contributed by atoms with Crippen LogP contribution >= 0.6 is 0 Å². The van der Waals surface area contributed by atoms with Gasteiger partial charge in [0, 0.05) is 26.2 Å². The van der Waals surface area contributed by atoms with Gasteiger partial charge in [-0.05, 0) is 18.8 Å². The molecule has 104 valence electrons. The smallest absolute Gasteiger partial charge is 0.306 e. The molecule has 2 N–H and O–H groups in total. The Labute approximate surface area is 111 Å². The molecule has 19 heavy (non-hydrogen) atoms. The molecule has 3 heterocycles. The molecule has 7 nitrogen and oxygen atoms in total. The summed E-state index contributed by atoms with van der Waals surface area (Å²) in [5.74, 6) is 1.20. The van der Waals surface area contributed by atoms with Crippen LogP contribution in [0.25, 0.3) is 0 Å². The zero-order valence-electron chi connectivity index (χ0n) is 11.0. The molecule has 0 radical (unpaired) electrons. The van der Waals surface area contributed by atoms with E-state index in [1.54, 1.807) is 0 Å². The third kappa shape index (κ3) is 2.36. The summed E-state index contributed by atoms with van der Waals surface area (Å²) in [5, 5.41) is 16.8. The highest BCUT2D eigenvalue weighted by molar-refractivity contribution is 5.70. The second kappa shape index (κ2) is 4.71. The van der Waals surface area contributed by atoms with E-state index in [0.717, 1.165) is 38.1 Å². The van der Waals surface area contributed by atoms with Crippen LogP contribution in [0, 0.1) is 11.8 Å². The lowest BCUT2D eigenvalue weighted by Crippen LogP contribution is -2.37. The van der Waals surface area contributed by atoms with Crippen molar-refractivity contribution in [3.63, 3.8) is 0 Å². The summed E-state index contributed by atoms with van der Waals surface area (Å²) in [5.41, 5.74) is 0. The predicted molar refractivity (Wildman–Crippen MR) is 70.2 cm³/mol. The summed E-state index contributed by atoms with van der Waals surface area (Å²) in [7, 11) is 0. The van der Waals surface area contributed by atoms with E-state index in [-0.39, 0.29) is 5.92 Å². The molecular formula is C12H19N5O2. The third-order valence-electron chi connectivity index (χ3n) is 3.88. The summed E-state index contributed by atoms with van der Waals surface area (Å²) < 4.78 is 1.91. The highest BCUT2D eigenvalue weighted by atomic mass is 16.4. The minimum atomic E-state index is -0.688. The van der Waals surface area contributed by atoms with Crippen LogP contribution in [0.4, 0.5) is 11.9 Å². The Bertz CT molecular complexity index is 478. The summed E-state index contributed by atoms with van der Waals surface area (Å²) >= 11 is 0. The minimum Gasteiger partial charge on any atom is -0.481 e. The van der Waals surface area contributed by atoms with Crippen molar-refractivity contribution >= 4 is 17.9 Å². The number of anilines is 2. The number of aliphatic carboxylic acids is 1. The van der Waals surface area contributed by atoms with Crippen molar-refractivity contribution in [3.8, 4) is 0 Å². The lowest BCUT2D eigenvalue weighted by molar-refractivity contribution is -0.142. The van der Waals surface area contributed by atoms with Crippen LogP contribution in [0.2, 0.25) is 0 Å². The molecular weight excluding hydrogens is 246 g/mol. The van der Waals surface area contributed by atoms with Gasteiger partial charge in [-0.15, -0.1) is 5.10 Å². The Balaban J connectivity index is 1.69. The first kappa shape index (κ1) is 12.3. The van der Waals surface area contributed by atoms with Gasteiger partial charge in [0.2, 0.25) is 11.9 Å². The molecule has 1 unspecified atom stereocenters. The van der Waals surface area contributed by atoms with E-state index in [1.165, 1.54) is 0 Å². The van der Waals surface area contributed by atoms with Crippen LogP contribution < -0.4 is 10.2 Å². The van der Waals surface area contributed by atoms with Crippen molar-refractivity contribution in [2.24, 2.45) is 11.8 Å². The molecule has 1 fully saturated rings. The van der Waals surface area contributed by atoms with E-state index in [4.69, 9.17) is 5.11 Å². The number of piperidine rings is 1. The number of nitrogens with one attached hydrogen (secondary N) is 1. The molecule has 1 aromatic heterocycles. The van der Waals surface area contributed by atoms with Gasteiger partial charge >= 0.3 is 5.97 Å². The van der Waals surface area contributed by atoms with Gasteiger partial charge < -0.3 is 15.3 Å². The number of nitrogens with zero attached hydrogens (tertiary/aromatic N) is 4. The number of carboxylic acids is 1. The maximum absolute atomic E-state index is 10.9. The standard InChI is InChI=1S/C12H19N5O2/c1-8-6-13-11-14-12(15-17(11)7-8)16-4-2-9(3-5-16)10(18)19/h8-9H,2-7H2,1H3,(H,18,19)(H,13,14,15). The van der Waals surface area contributed by atoms with Gasteiger partial charge in [0.05, 0.1) is 5.92 Å². The first-order valence-corrected chi connectivity index (χ1v) is 6.80. The molecule has 1 atom stereocenters. The number of rotatable bonds is 2. The minimum absolute atomic E-state index is 0.216. The summed E-state index contributed by atoms with van der Waals surface area (Å²) in [6, 6.07) is 0. The topological polar surface area (TPSA) is 83.3 Å². The Morgan fingerprint density at radius 2 is 2.16 bits per heavy atom. The molecule has 0 aliphatic carbocycles. The molecule has 2 aliphatic heterocycles. The van der Waals surface area contributed by atoms with Crippen molar-refractivity contribution in [1.82, 2.24) is 14.8 Å². The van der Waals surface area contributed by atoms with Gasteiger partial charge in [-0.3, -0.25) is 4.79 Å². The number of carboxylic acid groups (broad SMARTS) is 1. The fourth-order valence-corrected chi connectivity index (χ4v) is 2.67. The normalized spacial score (nSPS) is 23.8. The molecule has 0 spiro atoms. The van der Waals surface area contributed by atoms with Crippen LogP contribution in [0.3, 0.4) is 0 Å². The third-order valence-corrected chi connectivity index (χ3v) is 3.88. The molecule has 3 rings (SSSR count). The lowest BCUT2D eigenvalue weighted by atomic mass is 9.97. The molecule has 2 aliphatic rings. The highest BCUT2D eigenvalue weighted by Crippen LogP contribution is 2.24. The first-order chi connectivity index (χ1) is 9.13. The zero-order chi connectivity index (χ0) is 13.4. The first-order valence-electron chi connectivity index (χ1n) is 6.80. The van der Waals surface area contributed by atoms with Gasteiger partial charge in [0.1, 0.15) is 0 Å². The van der Waals surface area contributed by atoms with Crippen LogP contribution in [0.1, 0.15) is 19.8 Å². The Morgan fingerprint density at radius 1 is 1.42 bits per heavy atom. The number of carbonyl (C=O) groups is 1. The predicted octanol–water partition coefficient (Wildman–Crippen LogP) is 0.641. The number of fused-ring (bicyclic) bond motifs is 1. The largest absolute Gasteiger partial charge is 0.481 e. The average Bonchev–Trinajstić information content (AvgIpc) is 2.81. The van der Waals surface area contributed by atoms with E-state index in [2.05, 4.69) is 27.2 Å². The Kier molecular flexibility index (Phi) is 3.04. The van der Waals surface area contributed by atoms with Crippen molar-refractivity contribution in [2.45, 2.75) is 26.3 Å². The molecule has 0 amide bonds. The maximum Gasteiger partial charge on any atom is 0.306 e. The van der Waals surface area contributed by atoms with E-state index < -0.39 is 5.97 Å². The van der Waals surface area contributed by atoms with Gasteiger partial charge in [-0.1, -0.05) is 6.92 Å². The zero-order valence-corrected chi connectivity index (χ0v) is 11.0. The number of hydrogen-bond acceptors (Lipinski definition) is 5. The number of aromatic nitrogens is 3. The summed E-state index contributed by atoms with van der Waals surface area (Å²) in [4.78, 5) is 17.5. The molecule has 0 aromatic carbocycles. The quantitative estimate of drug-likeness (QED) is 0.816. The highest BCUT2D eigenvalue weighted by Gasteiger charge is 2.27. The van der Waals surface area contributed by atoms with Crippen LogP contribution in [-0.4, -0.2) is 45.5 Å². The second-order valence-corrected chi connectivity index (χ2v) is 5.50. The van der Waals surface area contributed by atoms with Crippen molar-refractivity contribution < 1.29 is 9.90 Å². The molecule has 0 saturated carbocycles. The van der Waals surface area contributed by atoms with E-state index in [1.807, 2.05) is 4.68 Å². The fourth-order valence-electron chi connectivity index (χ4n) is 2.67. The monoisotopic (exact) mass is 265 g/mol. The number of hydrogen-bond donors (Lipinski definition) is 2. The van der Waals surface area contributed by atoms with Crippen LogP contribution in [-0.2, 0) is 11.3 Å². The fraction of sp³-hybridized carbons (Fsp3) is 0.750. The molecule has 1 aromatic rings. The van der Waals surface area contributed by atoms with E-state index in [9.17, 15) is 4.79 Å². The Hall–Kier alpha value is -1.79. The van der Waals surface area contributed by atoms with Crippen LogP contribution in [0.5, 0.6) is 0 Å². The van der Waals surface area contributed by atoms with Crippen LogP contribution in [0.15, 0.2) is 0 Å². The second-order valence-electron chi connectivity index (χ2n) is 5.50. The Morgan fingerprint density at radius 3 is 2.84 bits per heavy atom. The summed E-state index contributed by atoms with van der Waals surface area (Å²) in [6.07, 6.45) is 1.34. The molecule has 1 saturated heterocycles. The van der Waals surface area contributed by atoms with Gasteiger partial charge in [0.25, 0.3) is 0 Å². The molecule has 0 bridgehead atoms. The van der Waals surface area contributed by atoms with Crippen molar-refractivity contribution in [2.75, 3.05) is 29.9 Å². The van der Waals surface area contributed by atoms with Crippen molar-refractivity contribution in [1.29, 1.82) is 0 Å². The van der Waals surface area contributed by atoms with E-state index in [0.29, 0.717) is 18.8 Å². The molecule has 7 heteroatoms. The van der Waals surface area contributed by atoms with Gasteiger partial charge in [-0.25, -0.2) is 4.68 Å². The van der Waals surface area contributed by atoms with E-state index >= 15 is 0 Å². The van der Waals surface area contributed by atoms with Gasteiger partial charge in [0.15, 0.2) is 0 Å². The lowest BCUT2D eigenvalue weighted by Gasteiger charge is -2.28.